The van der Waals surface area contributed by atoms with E-state index in [0.29, 0.717) is 58.5 Å². The van der Waals surface area contributed by atoms with Gasteiger partial charge in [0.05, 0.1) is 24.4 Å². The first-order chi connectivity index (χ1) is 22.1. The zero-order chi connectivity index (χ0) is 34.4. The summed E-state index contributed by atoms with van der Waals surface area (Å²) in [7, 11) is 0. The minimum Gasteiger partial charge on any atom is -0.480 e. The number of carbonyl (C=O) groups is 1. The number of aliphatic hydroxyl groups excluding tert-OH is 2. The molecule has 0 aromatic carbocycles. The lowest BCUT2D eigenvalue weighted by Crippen LogP contribution is -2.43. The maximum Gasteiger partial charge on any atom is 0.320 e. The number of carboxylic acid groups (broad SMARTS) is 1. The van der Waals surface area contributed by atoms with Gasteiger partial charge in [0.1, 0.15) is 6.04 Å². The smallest absolute Gasteiger partial charge is 0.320 e. The maximum atomic E-state index is 12.3. The van der Waals surface area contributed by atoms with E-state index in [1.807, 2.05) is 4.90 Å². The van der Waals surface area contributed by atoms with Gasteiger partial charge in [0.15, 0.2) is 5.96 Å². The molecule has 0 aromatic rings. The van der Waals surface area contributed by atoms with Crippen LogP contribution in [0.5, 0.6) is 0 Å². The zero-order valence-corrected chi connectivity index (χ0v) is 30.2. The predicted octanol–water partition coefficient (Wildman–Crippen LogP) is 6.39. The summed E-state index contributed by atoms with van der Waals surface area (Å²) in [5, 5.41) is 30.7. The van der Waals surface area contributed by atoms with Gasteiger partial charge in [-0.05, 0) is 52.4 Å². The molecule has 10 heteroatoms. The summed E-state index contributed by atoms with van der Waals surface area (Å²) in [5.74, 6) is -0.862. The molecule has 274 valence electrons. The molecule has 0 spiro atoms. The summed E-state index contributed by atoms with van der Waals surface area (Å²) >= 11 is 0. The van der Waals surface area contributed by atoms with E-state index in [1.165, 1.54) is 64.2 Å². The van der Waals surface area contributed by atoms with Gasteiger partial charge in [0.2, 0.25) is 0 Å². The van der Waals surface area contributed by atoms with Gasteiger partial charge in [-0.1, -0.05) is 104 Å². The van der Waals surface area contributed by atoms with E-state index < -0.39 is 24.2 Å². The van der Waals surface area contributed by atoms with Crippen molar-refractivity contribution in [2.75, 3.05) is 32.8 Å². The first kappa shape index (κ1) is 44.5. The molecule has 0 aliphatic carbocycles. The second-order valence-corrected chi connectivity index (χ2v) is 13.2. The Morgan fingerprint density at radius 3 is 1.43 bits per heavy atom. The number of aliphatic hydroxyl groups is 2. The fourth-order valence-corrected chi connectivity index (χ4v) is 5.92. The molecule has 0 bridgehead atoms. The van der Waals surface area contributed by atoms with Crippen LogP contribution in [0.1, 0.15) is 156 Å². The summed E-state index contributed by atoms with van der Waals surface area (Å²) in [6.45, 7) is 10.4. The largest absolute Gasteiger partial charge is 0.480 e. The van der Waals surface area contributed by atoms with Crippen molar-refractivity contribution in [1.29, 1.82) is 0 Å². The van der Waals surface area contributed by atoms with Crippen LogP contribution in [0.4, 0.5) is 0 Å². The first-order valence-corrected chi connectivity index (χ1v) is 18.7. The van der Waals surface area contributed by atoms with E-state index >= 15 is 0 Å². The Morgan fingerprint density at radius 2 is 1.07 bits per heavy atom. The number of aliphatic imine (C=N–C) groups is 1. The fraction of sp³-hybridized carbons (Fsp3) is 0.944. The van der Waals surface area contributed by atoms with E-state index in [0.717, 1.165) is 38.5 Å². The Labute approximate surface area is 282 Å². The normalized spacial score (nSPS) is 15.0. The Morgan fingerprint density at radius 1 is 0.652 bits per heavy atom. The molecule has 46 heavy (non-hydrogen) atoms. The van der Waals surface area contributed by atoms with E-state index in [-0.39, 0.29) is 18.2 Å². The quantitative estimate of drug-likeness (QED) is 0.0299. The fourth-order valence-electron chi connectivity index (χ4n) is 5.92. The average molecular weight is 659 g/mol. The van der Waals surface area contributed by atoms with Crippen molar-refractivity contribution >= 4 is 11.9 Å². The highest BCUT2D eigenvalue weighted by molar-refractivity contribution is 5.75. The molecule has 0 aromatic heterocycles. The molecular formula is C36H74N4O6. The second-order valence-electron chi connectivity index (χ2n) is 13.2. The summed E-state index contributed by atoms with van der Waals surface area (Å²) < 4.78 is 12.2. The van der Waals surface area contributed by atoms with Crippen LogP contribution in [0.3, 0.4) is 0 Å². The molecule has 0 saturated carbocycles. The lowest BCUT2D eigenvalue weighted by Gasteiger charge is -2.30. The van der Waals surface area contributed by atoms with Crippen LogP contribution in [0.2, 0.25) is 0 Å². The highest BCUT2D eigenvalue weighted by Gasteiger charge is 2.25. The van der Waals surface area contributed by atoms with Crippen LogP contribution in [0, 0.1) is 0 Å². The first-order valence-electron chi connectivity index (χ1n) is 18.7. The van der Waals surface area contributed by atoms with Crippen molar-refractivity contribution in [2.24, 2.45) is 16.5 Å². The number of unbranched alkanes of at least 4 members (excludes halogenated alkanes) is 12. The summed E-state index contributed by atoms with van der Waals surface area (Å²) in [5.41, 5.74) is 10.9. The minimum absolute atomic E-state index is 0.00588. The number of hydrogen-bond donors (Lipinski definition) is 5. The third-order valence-electron chi connectivity index (χ3n) is 8.76. The highest BCUT2D eigenvalue weighted by Crippen LogP contribution is 2.17. The van der Waals surface area contributed by atoms with Gasteiger partial charge in [-0.15, -0.1) is 0 Å². The summed E-state index contributed by atoms with van der Waals surface area (Å²) in [4.78, 5) is 18.3. The number of rotatable bonds is 34. The molecule has 10 nitrogen and oxygen atoms in total. The molecule has 0 fully saturated rings. The molecule has 0 amide bonds. The van der Waals surface area contributed by atoms with Crippen molar-refractivity contribution in [2.45, 2.75) is 187 Å². The molecular weight excluding hydrogens is 584 g/mol. The number of nitrogens with zero attached hydrogens (tertiary/aromatic N) is 2. The topological polar surface area (TPSA) is 164 Å². The van der Waals surface area contributed by atoms with Gasteiger partial charge >= 0.3 is 5.97 Å². The van der Waals surface area contributed by atoms with Gasteiger partial charge < -0.3 is 36.3 Å². The van der Waals surface area contributed by atoms with Gasteiger partial charge in [-0.2, -0.15) is 0 Å². The number of aliphatic carboxylic acids is 1. The molecule has 0 heterocycles. The lowest BCUT2D eigenvalue weighted by atomic mass is 10.0. The Balaban J connectivity index is 4.92. The molecule has 4 unspecified atom stereocenters. The molecule has 0 aliphatic heterocycles. The average Bonchev–Trinajstić information content (AvgIpc) is 3.00. The zero-order valence-electron chi connectivity index (χ0n) is 30.2. The van der Waals surface area contributed by atoms with Crippen LogP contribution < -0.4 is 11.5 Å². The van der Waals surface area contributed by atoms with E-state index in [9.17, 15) is 20.1 Å². The monoisotopic (exact) mass is 659 g/mol. The third kappa shape index (κ3) is 25.6. The number of ether oxygens (including phenoxy) is 2. The van der Waals surface area contributed by atoms with Crippen molar-refractivity contribution in [3.05, 3.63) is 0 Å². The van der Waals surface area contributed by atoms with Gasteiger partial charge in [0.25, 0.3) is 0 Å². The van der Waals surface area contributed by atoms with Crippen LogP contribution in [-0.2, 0) is 14.3 Å². The van der Waals surface area contributed by atoms with E-state index in [4.69, 9.17) is 20.9 Å². The summed E-state index contributed by atoms with van der Waals surface area (Å²) in [6.07, 6.45) is 19.5. The predicted molar refractivity (Wildman–Crippen MR) is 190 cm³/mol. The van der Waals surface area contributed by atoms with Gasteiger partial charge in [0, 0.05) is 32.8 Å². The molecule has 0 rings (SSSR count). The van der Waals surface area contributed by atoms with E-state index in [1.54, 1.807) is 13.8 Å². The van der Waals surface area contributed by atoms with Crippen LogP contribution in [0.25, 0.3) is 0 Å². The van der Waals surface area contributed by atoms with Crippen molar-refractivity contribution in [1.82, 2.24) is 4.90 Å². The van der Waals surface area contributed by atoms with Crippen LogP contribution in [-0.4, -0.2) is 95.5 Å². The number of nitrogens with two attached hydrogens (primary N) is 2. The standard InChI is InChI=1S/C36H74N4O6/c1-5-7-9-11-13-15-17-23-33(30(3)41)45-28-20-26-40(32(35(43)44)22-19-25-39-36(37)38)27-21-29-46-34(31(4)42)24-18-16-14-12-10-8-6-2/h30-34,41-42H,5-29H2,1-4H3,(H,43,44)(H4,37,38,39)/t30?,31?,32-,33?,34?/m0/s1. The number of carboxylic acids is 1. The molecule has 7 N–H and O–H groups in total. The van der Waals surface area contributed by atoms with Crippen molar-refractivity contribution in [3.8, 4) is 0 Å². The van der Waals surface area contributed by atoms with Crippen molar-refractivity contribution in [3.63, 3.8) is 0 Å². The maximum absolute atomic E-state index is 12.3. The molecule has 5 atom stereocenters. The third-order valence-corrected chi connectivity index (χ3v) is 8.76. The van der Waals surface area contributed by atoms with Crippen LogP contribution >= 0.6 is 0 Å². The minimum atomic E-state index is -0.867. The molecule has 0 saturated heterocycles. The Hall–Kier alpha value is -1.46. The summed E-state index contributed by atoms with van der Waals surface area (Å²) in [6, 6.07) is -0.672. The van der Waals surface area contributed by atoms with E-state index in [2.05, 4.69) is 18.8 Å². The van der Waals surface area contributed by atoms with Gasteiger partial charge in [-0.25, -0.2) is 0 Å². The second kappa shape index (κ2) is 30.8. The van der Waals surface area contributed by atoms with Gasteiger partial charge in [-0.3, -0.25) is 14.7 Å². The Kier molecular flexibility index (Phi) is 29.9. The Bertz CT molecular complexity index is 683. The number of hydrogen-bond acceptors (Lipinski definition) is 7. The van der Waals surface area contributed by atoms with Crippen LogP contribution in [0.15, 0.2) is 4.99 Å². The highest BCUT2D eigenvalue weighted by atomic mass is 16.5. The van der Waals surface area contributed by atoms with Crippen molar-refractivity contribution < 1.29 is 29.6 Å². The lowest BCUT2D eigenvalue weighted by molar-refractivity contribution is -0.144. The number of guanidine groups is 1. The molecule has 0 aliphatic rings. The SMILES string of the molecule is CCCCCCCCCC(OCCCN(CCCOC(CCCCCCCCC)C(C)O)[C@@H](CCCN=C(N)N)C(=O)O)C(C)O. The molecule has 0 radical (unpaired) electrons.